The van der Waals surface area contributed by atoms with E-state index in [9.17, 15) is 9.59 Å². The first-order chi connectivity index (χ1) is 17.8. The quantitative estimate of drug-likeness (QED) is 0.359. The van der Waals surface area contributed by atoms with Crippen molar-refractivity contribution < 1.29 is 9.59 Å². The molecule has 196 valence electrons. The van der Waals surface area contributed by atoms with Gasteiger partial charge in [-0.1, -0.05) is 74.5 Å². The van der Waals surface area contributed by atoms with Gasteiger partial charge in [0, 0.05) is 43.5 Å². The predicted molar refractivity (Wildman–Crippen MR) is 151 cm³/mol. The molecule has 3 aromatic rings. The molecule has 0 bridgehead atoms. The zero-order valence-electron chi connectivity index (χ0n) is 22.4. The van der Waals surface area contributed by atoms with E-state index in [2.05, 4.69) is 78.5 Å². The van der Waals surface area contributed by atoms with Crippen molar-refractivity contribution in [2.24, 2.45) is 5.92 Å². The number of imide groups is 1. The summed E-state index contributed by atoms with van der Waals surface area (Å²) in [6, 6.07) is 22.8. The van der Waals surface area contributed by atoms with E-state index >= 15 is 0 Å². The molecular formula is C31H39N3O2S. The Morgan fingerprint density at radius 1 is 1.00 bits per heavy atom. The van der Waals surface area contributed by atoms with E-state index in [1.807, 2.05) is 36.4 Å². The van der Waals surface area contributed by atoms with Gasteiger partial charge >= 0.3 is 0 Å². The lowest BCUT2D eigenvalue weighted by atomic mass is 9.81. The number of hydrogen-bond donors (Lipinski definition) is 1. The molecule has 2 aromatic carbocycles. The molecule has 6 heteroatoms. The van der Waals surface area contributed by atoms with Crippen molar-refractivity contribution in [3.05, 3.63) is 93.7 Å². The third-order valence-electron chi connectivity index (χ3n) is 7.04. The van der Waals surface area contributed by atoms with Crippen LogP contribution < -0.4 is 5.32 Å². The van der Waals surface area contributed by atoms with E-state index in [0.29, 0.717) is 18.5 Å². The van der Waals surface area contributed by atoms with E-state index in [0.717, 1.165) is 35.6 Å². The summed E-state index contributed by atoms with van der Waals surface area (Å²) in [6.07, 6.45) is 0.282. The molecule has 1 N–H and O–H groups in total. The van der Waals surface area contributed by atoms with Gasteiger partial charge in [-0.2, -0.15) is 0 Å². The number of hydrogen-bond acceptors (Lipinski definition) is 5. The Labute approximate surface area is 225 Å². The first-order valence-corrected chi connectivity index (χ1v) is 14.2. The van der Waals surface area contributed by atoms with Gasteiger partial charge in [0.1, 0.15) is 0 Å². The molecule has 37 heavy (non-hydrogen) atoms. The number of amides is 2. The van der Waals surface area contributed by atoms with Gasteiger partial charge in [0.2, 0.25) is 11.8 Å². The molecular weight excluding hydrogens is 478 g/mol. The SMILES string of the molecule is CC(C)CN1Cc2ccccc2C(C(=O)NC(=O)CCN(Cc2ccccc2)C(C)C)C1c1cccs1. The molecule has 0 fully saturated rings. The Hall–Kier alpha value is -2.80. The van der Waals surface area contributed by atoms with Gasteiger partial charge in [0.15, 0.2) is 0 Å². The highest BCUT2D eigenvalue weighted by molar-refractivity contribution is 7.10. The highest BCUT2D eigenvalue weighted by atomic mass is 32.1. The first kappa shape index (κ1) is 27.2. The molecule has 4 rings (SSSR count). The van der Waals surface area contributed by atoms with Crippen molar-refractivity contribution in [3.63, 3.8) is 0 Å². The molecule has 1 aliphatic rings. The van der Waals surface area contributed by atoms with E-state index in [4.69, 9.17) is 0 Å². The Kier molecular flexibility index (Phi) is 9.30. The Morgan fingerprint density at radius 3 is 2.41 bits per heavy atom. The average molecular weight is 518 g/mol. The molecule has 1 aromatic heterocycles. The molecule has 0 aliphatic carbocycles. The van der Waals surface area contributed by atoms with Gasteiger partial charge in [0.05, 0.1) is 12.0 Å². The third kappa shape index (κ3) is 6.95. The van der Waals surface area contributed by atoms with E-state index in [1.165, 1.54) is 5.56 Å². The lowest BCUT2D eigenvalue weighted by Crippen LogP contribution is -2.46. The summed E-state index contributed by atoms with van der Waals surface area (Å²) in [6.45, 7) is 11.8. The van der Waals surface area contributed by atoms with Crippen LogP contribution in [0.2, 0.25) is 0 Å². The molecule has 2 unspecified atom stereocenters. The third-order valence-corrected chi connectivity index (χ3v) is 7.98. The number of thiophene rings is 1. The first-order valence-electron chi connectivity index (χ1n) is 13.3. The number of benzene rings is 2. The maximum absolute atomic E-state index is 13.8. The molecule has 0 saturated heterocycles. The molecule has 2 amide bonds. The molecule has 2 heterocycles. The molecule has 2 atom stereocenters. The summed E-state index contributed by atoms with van der Waals surface area (Å²) in [5, 5.41) is 4.85. The van der Waals surface area contributed by atoms with Crippen molar-refractivity contribution in [1.82, 2.24) is 15.1 Å². The summed E-state index contributed by atoms with van der Waals surface area (Å²) in [7, 11) is 0. The zero-order valence-corrected chi connectivity index (χ0v) is 23.2. The van der Waals surface area contributed by atoms with Crippen molar-refractivity contribution >= 4 is 23.2 Å². The van der Waals surface area contributed by atoms with Crippen LogP contribution in [0.15, 0.2) is 72.1 Å². The van der Waals surface area contributed by atoms with E-state index in [1.54, 1.807) is 11.3 Å². The van der Waals surface area contributed by atoms with E-state index in [-0.39, 0.29) is 24.3 Å². The smallest absolute Gasteiger partial charge is 0.236 e. The fourth-order valence-electron chi connectivity index (χ4n) is 5.28. The lowest BCUT2D eigenvalue weighted by Gasteiger charge is -2.42. The molecule has 1 aliphatic heterocycles. The van der Waals surface area contributed by atoms with Gasteiger partial charge < -0.3 is 0 Å². The number of rotatable bonds is 10. The maximum atomic E-state index is 13.8. The topological polar surface area (TPSA) is 52.7 Å². The Bertz CT molecular complexity index is 1160. The number of nitrogens with zero attached hydrogens (tertiary/aromatic N) is 2. The Morgan fingerprint density at radius 2 is 1.73 bits per heavy atom. The number of nitrogens with one attached hydrogen (secondary N) is 1. The van der Waals surface area contributed by atoms with Crippen LogP contribution in [-0.2, 0) is 22.7 Å². The highest BCUT2D eigenvalue weighted by Gasteiger charge is 2.41. The summed E-state index contributed by atoms with van der Waals surface area (Å²) in [4.78, 5) is 32.7. The number of carbonyl (C=O) groups is 2. The van der Waals surface area contributed by atoms with Crippen molar-refractivity contribution in [2.45, 2.75) is 65.2 Å². The van der Waals surface area contributed by atoms with Crippen molar-refractivity contribution in [1.29, 1.82) is 0 Å². The van der Waals surface area contributed by atoms with Gasteiger partial charge in [-0.15, -0.1) is 11.3 Å². The number of carbonyl (C=O) groups excluding carboxylic acids is 2. The van der Waals surface area contributed by atoms with Crippen LogP contribution in [0.5, 0.6) is 0 Å². The molecule has 0 radical (unpaired) electrons. The zero-order chi connectivity index (χ0) is 26.4. The van der Waals surface area contributed by atoms with Crippen molar-refractivity contribution in [2.75, 3.05) is 13.1 Å². The van der Waals surface area contributed by atoms with Gasteiger partial charge in [-0.25, -0.2) is 0 Å². The minimum absolute atomic E-state index is 0.0876. The predicted octanol–water partition coefficient (Wildman–Crippen LogP) is 5.99. The van der Waals surface area contributed by atoms with Crippen LogP contribution in [0, 0.1) is 5.92 Å². The second-order valence-electron chi connectivity index (χ2n) is 10.7. The van der Waals surface area contributed by atoms with Crippen LogP contribution in [0.1, 0.15) is 67.6 Å². The summed E-state index contributed by atoms with van der Waals surface area (Å²) in [5.74, 6) is -0.392. The second kappa shape index (κ2) is 12.6. The van der Waals surface area contributed by atoms with Crippen LogP contribution in [-0.4, -0.2) is 40.7 Å². The van der Waals surface area contributed by atoms with Gasteiger partial charge in [-0.3, -0.25) is 24.7 Å². The normalized spacial score (nSPS) is 17.8. The fourth-order valence-corrected chi connectivity index (χ4v) is 6.17. The van der Waals surface area contributed by atoms with Crippen LogP contribution >= 0.6 is 11.3 Å². The minimum Gasteiger partial charge on any atom is -0.296 e. The molecule has 5 nitrogen and oxygen atoms in total. The van der Waals surface area contributed by atoms with Crippen LogP contribution in [0.3, 0.4) is 0 Å². The largest absolute Gasteiger partial charge is 0.296 e. The average Bonchev–Trinajstić information content (AvgIpc) is 3.40. The standard InChI is InChI=1S/C31H39N3O2S/c1-22(2)19-34-21-25-13-8-9-14-26(25)29(30(34)27-15-10-18-37-27)31(36)32-28(35)16-17-33(23(3)4)20-24-11-6-5-7-12-24/h5-15,18,22-23,29-30H,16-17,19-21H2,1-4H3,(H,32,35,36). The van der Waals surface area contributed by atoms with Crippen LogP contribution in [0.4, 0.5) is 0 Å². The Balaban J connectivity index is 1.51. The second-order valence-corrected chi connectivity index (χ2v) is 11.7. The number of fused-ring (bicyclic) bond motifs is 1. The monoisotopic (exact) mass is 517 g/mol. The summed E-state index contributed by atoms with van der Waals surface area (Å²) >= 11 is 1.68. The summed E-state index contributed by atoms with van der Waals surface area (Å²) < 4.78 is 0. The molecule has 0 saturated carbocycles. The lowest BCUT2D eigenvalue weighted by molar-refractivity contribution is -0.132. The minimum atomic E-state index is -0.433. The van der Waals surface area contributed by atoms with Gasteiger partial charge in [0.25, 0.3) is 0 Å². The maximum Gasteiger partial charge on any atom is 0.236 e. The van der Waals surface area contributed by atoms with E-state index < -0.39 is 5.92 Å². The van der Waals surface area contributed by atoms with Gasteiger partial charge in [-0.05, 0) is 47.9 Å². The van der Waals surface area contributed by atoms with Crippen LogP contribution in [0.25, 0.3) is 0 Å². The fraction of sp³-hybridized carbons (Fsp3) is 0.419. The highest BCUT2D eigenvalue weighted by Crippen LogP contribution is 2.44. The summed E-state index contributed by atoms with van der Waals surface area (Å²) in [5.41, 5.74) is 3.41. The molecule has 0 spiro atoms. The van der Waals surface area contributed by atoms with Crippen molar-refractivity contribution in [3.8, 4) is 0 Å².